The highest BCUT2D eigenvalue weighted by Gasteiger charge is 2.09. The number of fused-ring (bicyclic) bond motifs is 1. The average Bonchev–Trinajstić information content (AvgIpc) is 3.09. The number of aromatic nitrogens is 2. The summed E-state index contributed by atoms with van der Waals surface area (Å²) in [6.45, 7) is 3.08. The van der Waals surface area contributed by atoms with E-state index in [1.165, 1.54) is 6.07 Å². The summed E-state index contributed by atoms with van der Waals surface area (Å²) >= 11 is 0. The number of rotatable bonds is 7. The third-order valence-electron chi connectivity index (χ3n) is 4.03. The lowest BCUT2D eigenvalue weighted by molar-refractivity contribution is 0.214. The summed E-state index contributed by atoms with van der Waals surface area (Å²) in [6, 6.07) is 12.3. The second kappa shape index (κ2) is 10.8. The zero-order valence-electron chi connectivity index (χ0n) is 15.9. The van der Waals surface area contributed by atoms with E-state index in [0.717, 1.165) is 17.8 Å². The molecular formula is C20H25FIN5O. The van der Waals surface area contributed by atoms with Gasteiger partial charge >= 0.3 is 0 Å². The highest BCUT2D eigenvalue weighted by Crippen LogP contribution is 2.16. The summed E-state index contributed by atoms with van der Waals surface area (Å²) in [5, 5.41) is 6.44. The number of ether oxygens (including phenoxy) is 1. The standard InChI is InChI=1S/C20H24FN5O.HI/c1-15(27-18-8-4-3-7-17(18)21)13-24-20(22-2)23-11-10-16-14-26-12-6-5-9-19(26)25-16;/h3-9,12,14-15H,10-11,13H2,1-2H3,(H2,22,23,24);1H. The largest absolute Gasteiger partial charge is 0.486 e. The first-order valence-corrected chi connectivity index (χ1v) is 8.94. The van der Waals surface area contributed by atoms with Crippen molar-refractivity contribution in [1.82, 2.24) is 20.0 Å². The summed E-state index contributed by atoms with van der Waals surface area (Å²) in [6.07, 6.45) is 4.58. The average molecular weight is 497 g/mol. The van der Waals surface area contributed by atoms with Crippen LogP contribution in [0.1, 0.15) is 12.6 Å². The van der Waals surface area contributed by atoms with E-state index < -0.39 is 0 Å². The second-order valence-electron chi connectivity index (χ2n) is 6.19. The molecule has 3 rings (SSSR count). The minimum atomic E-state index is -0.362. The molecule has 0 bridgehead atoms. The highest BCUT2D eigenvalue weighted by atomic mass is 127. The molecule has 0 aliphatic carbocycles. The van der Waals surface area contributed by atoms with Crippen LogP contribution < -0.4 is 15.4 Å². The quantitative estimate of drug-likeness (QED) is 0.299. The van der Waals surface area contributed by atoms with Crippen LogP contribution in [0.4, 0.5) is 4.39 Å². The molecule has 2 N–H and O–H groups in total. The molecule has 150 valence electrons. The van der Waals surface area contributed by atoms with Crippen molar-refractivity contribution in [1.29, 1.82) is 0 Å². The van der Waals surface area contributed by atoms with Gasteiger partial charge in [0, 0.05) is 32.4 Å². The molecular weight excluding hydrogens is 472 g/mol. The van der Waals surface area contributed by atoms with Gasteiger partial charge in [0.05, 0.1) is 12.2 Å². The number of pyridine rings is 1. The van der Waals surface area contributed by atoms with Crippen molar-refractivity contribution >= 4 is 35.6 Å². The summed E-state index contributed by atoms with van der Waals surface area (Å²) in [4.78, 5) is 8.77. The smallest absolute Gasteiger partial charge is 0.191 e. The molecule has 2 heterocycles. The van der Waals surface area contributed by atoms with Gasteiger partial charge in [-0.2, -0.15) is 0 Å². The van der Waals surface area contributed by atoms with Crippen LogP contribution in [-0.2, 0) is 6.42 Å². The number of nitrogens with one attached hydrogen (secondary N) is 2. The Bertz CT molecular complexity index is 881. The molecule has 0 fully saturated rings. The van der Waals surface area contributed by atoms with Gasteiger partial charge < -0.3 is 19.8 Å². The third-order valence-corrected chi connectivity index (χ3v) is 4.03. The van der Waals surface area contributed by atoms with Gasteiger partial charge in [-0.1, -0.05) is 18.2 Å². The van der Waals surface area contributed by atoms with Gasteiger partial charge in [0.1, 0.15) is 11.8 Å². The topological polar surface area (TPSA) is 63.0 Å². The van der Waals surface area contributed by atoms with Gasteiger partial charge in [-0.15, -0.1) is 24.0 Å². The van der Waals surface area contributed by atoms with Crippen LogP contribution >= 0.6 is 24.0 Å². The summed E-state index contributed by atoms with van der Waals surface area (Å²) < 4.78 is 21.2. The molecule has 0 radical (unpaired) electrons. The van der Waals surface area contributed by atoms with Crippen molar-refractivity contribution in [3.63, 3.8) is 0 Å². The highest BCUT2D eigenvalue weighted by molar-refractivity contribution is 14.0. The fourth-order valence-corrected chi connectivity index (χ4v) is 2.68. The van der Waals surface area contributed by atoms with Crippen molar-refractivity contribution < 1.29 is 9.13 Å². The third kappa shape index (κ3) is 6.08. The maximum atomic E-state index is 13.6. The van der Waals surface area contributed by atoms with E-state index in [2.05, 4.69) is 20.6 Å². The molecule has 3 aromatic rings. The second-order valence-corrected chi connectivity index (χ2v) is 6.19. The molecule has 28 heavy (non-hydrogen) atoms. The molecule has 1 unspecified atom stereocenters. The van der Waals surface area contributed by atoms with Gasteiger partial charge in [-0.25, -0.2) is 9.37 Å². The number of imidazole rings is 1. The number of para-hydroxylation sites is 1. The van der Waals surface area contributed by atoms with E-state index in [1.54, 1.807) is 25.2 Å². The Kier molecular flexibility index (Phi) is 8.49. The van der Waals surface area contributed by atoms with Gasteiger partial charge in [0.15, 0.2) is 17.5 Å². The summed E-state index contributed by atoms with van der Waals surface area (Å²) in [7, 11) is 1.71. The molecule has 2 aromatic heterocycles. The van der Waals surface area contributed by atoms with Crippen LogP contribution in [-0.4, -0.2) is 41.6 Å². The lowest BCUT2D eigenvalue weighted by Gasteiger charge is -2.18. The summed E-state index contributed by atoms with van der Waals surface area (Å²) in [5.41, 5.74) is 1.95. The number of guanidine groups is 1. The van der Waals surface area contributed by atoms with E-state index in [4.69, 9.17) is 4.74 Å². The van der Waals surface area contributed by atoms with Gasteiger partial charge in [0.25, 0.3) is 0 Å². The minimum absolute atomic E-state index is 0. The van der Waals surface area contributed by atoms with E-state index >= 15 is 0 Å². The number of aliphatic imine (C=N–C) groups is 1. The van der Waals surface area contributed by atoms with Crippen LogP contribution in [0, 0.1) is 5.82 Å². The van der Waals surface area contributed by atoms with E-state index in [0.29, 0.717) is 19.0 Å². The maximum Gasteiger partial charge on any atom is 0.191 e. The lowest BCUT2D eigenvalue weighted by atomic mass is 10.3. The molecule has 1 aromatic carbocycles. The van der Waals surface area contributed by atoms with Crippen molar-refractivity contribution in [3.8, 4) is 5.75 Å². The molecule has 6 nitrogen and oxygen atoms in total. The Hall–Kier alpha value is -2.36. The van der Waals surface area contributed by atoms with Crippen LogP contribution in [0.25, 0.3) is 5.65 Å². The van der Waals surface area contributed by atoms with E-state index in [1.807, 2.05) is 41.9 Å². The predicted octanol–water partition coefficient (Wildman–Crippen LogP) is 3.27. The van der Waals surface area contributed by atoms with Crippen molar-refractivity contribution in [2.75, 3.05) is 20.1 Å². The van der Waals surface area contributed by atoms with Crippen LogP contribution in [0.3, 0.4) is 0 Å². The van der Waals surface area contributed by atoms with Gasteiger partial charge in [-0.05, 0) is 31.2 Å². The van der Waals surface area contributed by atoms with Gasteiger partial charge in [0.2, 0.25) is 0 Å². The number of benzene rings is 1. The Morgan fingerprint density at radius 2 is 2.00 bits per heavy atom. The zero-order valence-corrected chi connectivity index (χ0v) is 18.3. The molecule has 0 amide bonds. The molecule has 0 saturated heterocycles. The molecule has 0 saturated carbocycles. The van der Waals surface area contributed by atoms with Crippen molar-refractivity contribution in [3.05, 3.63) is 66.4 Å². The van der Waals surface area contributed by atoms with Crippen LogP contribution in [0.2, 0.25) is 0 Å². The Labute approximate surface area is 181 Å². The predicted molar refractivity (Wildman–Crippen MR) is 120 cm³/mol. The fourth-order valence-electron chi connectivity index (χ4n) is 2.68. The monoisotopic (exact) mass is 497 g/mol. The van der Waals surface area contributed by atoms with Crippen LogP contribution in [0.5, 0.6) is 5.75 Å². The molecule has 0 aliphatic heterocycles. The first-order chi connectivity index (χ1) is 13.2. The minimum Gasteiger partial charge on any atom is -0.486 e. The molecule has 0 aliphatic rings. The maximum absolute atomic E-state index is 13.6. The summed E-state index contributed by atoms with van der Waals surface area (Å²) in [5.74, 6) is 0.559. The van der Waals surface area contributed by atoms with E-state index in [9.17, 15) is 4.39 Å². The van der Waals surface area contributed by atoms with E-state index in [-0.39, 0.29) is 41.6 Å². The number of nitrogens with zero attached hydrogens (tertiary/aromatic N) is 3. The Morgan fingerprint density at radius 1 is 1.21 bits per heavy atom. The molecule has 0 spiro atoms. The lowest BCUT2D eigenvalue weighted by Crippen LogP contribution is -2.42. The number of hydrogen-bond acceptors (Lipinski definition) is 3. The van der Waals surface area contributed by atoms with Crippen molar-refractivity contribution in [2.45, 2.75) is 19.4 Å². The molecule has 8 heteroatoms. The normalized spacial score (nSPS) is 12.3. The SMILES string of the molecule is CN=C(NCCc1cn2ccccc2n1)NCC(C)Oc1ccccc1F.I. The molecule has 1 atom stereocenters. The van der Waals surface area contributed by atoms with Crippen molar-refractivity contribution in [2.24, 2.45) is 4.99 Å². The first kappa shape index (κ1) is 21.9. The van der Waals surface area contributed by atoms with Crippen LogP contribution in [0.15, 0.2) is 59.9 Å². The first-order valence-electron chi connectivity index (χ1n) is 8.94. The Balaban J connectivity index is 0.00000280. The zero-order chi connectivity index (χ0) is 19.1. The fraction of sp³-hybridized carbons (Fsp3) is 0.300. The number of halogens is 2. The Morgan fingerprint density at radius 3 is 2.75 bits per heavy atom. The number of hydrogen-bond donors (Lipinski definition) is 2. The van der Waals surface area contributed by atoms with Gasteiger partial charge in [-0.3, -0.25) is 4.99 Å².